The molecule has 0 saturated carbocycles. The third-order valence-electron chi connectivity index (χ3n) is 4.06. The van der Waals surface area contributed by atoms with Crippen molar-refractivity contribution in [3.8, 4) is 0 Å². The molecule has 23 heavy (non-hydrogen) atoms. The normalized spacial score (nSPS) is 18.0. The van der Waals surface area contributed by atoms with Crippen LogP contribution in [0.4, 0.5) is 8.78 Å². The van der Waals surface area contributed by atoms with Crippen LogP contribution in [0.15, 0.2) is 18.2 Å². The van der Waals surface area contributed by atoms with E-state index in [-0.39, 0.29) is 12.1 Å². The van der Waals surface area contributed by atoms with Gasteiger partial charge in [-0.2, -0.15) is 0 Å². The lowest BCUT2D eigenvalue weighted by atomic mass is 10.2. The molecule has 128 valence electrons. The quantitative estimate of drug-likeness (QED) is 0.862. The number of likely N-dealkylation sites (N-methyl/N-ethyl adjacent to an activating group) is 2. The molecule has 1 unspecified atom stereocenters. The topological polar surface area (TPSA) is 47.0 Å². The molecule has 2 rings (SSSR count). The van der Waals surface area contributed by atoms with E-state index in [1.807, 2.05) is 0 Å². The Labute approximate surface area is 135 Å². The number of piperazine rings is 1. The number of aliphatic hydroxyl groups is 1. The van der Waals surface area contributed by atoms with Gasteiger partial charge in [-0.15, -0.1) is 0 Å². The second kappa shape index (κ2) is 7.81. The Hall–Kier alpha value is -1.57. The number of β-amino-alcohol motifs (C(OH)–C–C–N with tert-alkyl or cyclic N) is 1. The minimum absolute atomic E-state index is 0.0678. The molecule has 0 spiro atoms. The number of amides is 1. The molecule has 1 amide bonds. The number of carbonyl (C=O) groups excluding carboxylic acids is 1. The van der Waals surface area contributed by atoms with Gasteiger partial charge in [-0.05, 0) is 25.2 Å². The van der Waals surface area contributed by atoms with Crippen molar-refractivity contribution in [3.05, 3.63) is 35.4 Å². The molecule has 0 bridgehead atoms. The Balaban J connectivity index is 1.86. The van der Waals surface area contributed by atoms with Gasteiger partial charge in [-0.25, -0.2) is 8.78 Å². The van der Waals surface area contributed by atoms with Crippen molar-refractivity contribution in [2.24, 2.45) is 0 Å². The number of hydrogen-bond acceptors (Lipinski definition) is 4. The molecule has 5 nitrogen and oxygen atoms in total. The zero-order valence-corrected chi connectivity index (χ0v) is 13.5. The Morgan fingerprint density at radius 3 is 2.52 bits per heavy atom. The lowest BCUT2D eigenvalue weighted by molar-refractivity contribution is 0.0501. The minimum Gasteiger partial charge on any atom is -0.390 e. The number of aliphatic hydroxyl groups excluding tert-OH is 1. The summed E-state index contributed by atoms with van der Waals surface area (Å²) in [5.74, 6) is -2.48. The Morgan fingerprint density at radius 2 is 1.91 bits per heavy atom. The number of nitrogens with zero attached hydrogens (tertiary/aromatic N) is 3. The highest BCUT2D eigenvalue weighted by molar-refractivity contribution is 5.94. The van der Waals surface area contributed by atoms with E-state index in [9.17, 15) is 18.7 Å². The molecule has 1 aliphatic heterocycles. The summed E-state index contributed by atoms with van der Waals surface area (Å²) in [4.78, 5) is 17.9. The van der Waals surface area contributed by atoms with Crippen LogP contribution >= 0.6 is 0 Å². The zero-order chi connectivity index (χ0) is 17.0. The summed E-state index contributed by atoms with van der Waals surface area (Å²) in [6.07, 6.45) is -0.683. The first kappa shape index (κ1) is 17.8. The number of benzene rings is 1. The average Bonchev–Trinajstić information content (AvgIpc) is 2.51. The second-order valence-electron chi connectivity index (χ2n) is 6.07. The van der Waals surface area contributed by atoms with E-state index in [0.717, 1.165) is 38.3 Å². The van der Waals surface area contributed by atoms with Crippen molar-refractivity contribution < 1.29 is 18.7 Å². The largest absolute Gasteiger partial charge is 0.390 e. The Bertz CT molecular complexity index is 548. The number of halogens is 2. The minimum atomic E-state index is -1.05. The van der Waals surface area contributed by atoms with E-state index in [1.54, 1.807) is 0 Å². The van der Waals surface area contributed by atoms with Crippen molar-refractivity contribution in [2.45, 2.75) is 6.10 Å². The molecule has 0 aromatic heterocycles. The van der Waals surface area contributed by atoms with Gasteiger partial charge >= 0.3 is 0 Å². The first-order valence-corrected chi connectivity index (χ1v) is 7.66. The summed E-state index contributed by atoms with van der Waals surface area (Å²) in [7, 11) is 3.60. The SMILES string of the molecule is CN1CCN(CC(O)CN(C)C(=O)c2ccc(F)c(F)c2)CC1. The van der Waals surface area contributed by atoms with E-state index in [1.165, 1.54) is 18.0 Å². The molecule has 0 aliphatic carbocycles. The van der Waals surface area contributed by atoms with Crippen LogP contribution < -0.4 is 0 Å². The smallest absolute Gasteiger partial charge is 0.253 e. The standard InChI is InChI=1S/C16H23F2N3O2/c1-19-5-7-21(8-6-19)11-13(22)10-20(2)16(23)12-3-4-14(17)15(18)9-12/h3-4,9,13,22H,5-8,10-11H2,1-2H3. The van der Waals surface area contributed by atoms with Crippen LogP contribution in [0.5, 0.6) is 0 Å². The highest BCUT2D eigenvalue weighted by Gasteiger charge is 2.20. The molecule has 0 radical (unpaired) electrons. The van der Waals surface area contributed by atoms with E-state index >= 15 is 0 Å². The lowest BCUT2D eigenvalue weighted by Gasteiger charge is -2.34. The van der Waals surface area contributed by atoms with E-state index in [4.69, 9.17) is 0 Å². The molecular formula is C16H23F2N3O2. The van der Waals surface area contributed by atoms with Crippen molar-refractivity contribution >= 4 is 5.91 Å². The van der Waals surface area contributed by atoms with Gasteiger partial charge in [0.15, 0.2) is 11.6 Å². The summed E-state index contributed by atoms with van der Waals surface area (Å²) in [5, 5.41) is 10.1. The average molecular weight is 327 g/mol. The number of hydrogen-bond donors (Lipinski definition) is 1. The van der Waals surface area contributed by atoms with Crippen LogP contribution in [0, 0.1) is 11.6 Å². The lowest BCUT2D eigenvalue weighted by Crippen LogP contribution is -2.49. The fourth-order valence-corrected chi connectivity index (χ4v) is 2.63. The fourth-order valence-electron chi connectivity index (χ4n) is 2.63. The van der Waals surface area contributed by atoms with Gasteiger partial charge < -0.3 is 14.9 Å². The molecule has 1 atom stereocenters. The highest BCUT2D eigenvalue weighted by Crippen LogP contribution is 2.11. The van der Waals surface area contributed by atoms with Crippen LogP contribution in [0.3, 0.4) is 0 Å². The number of carbonyl (C=O) groups is 1. The third-order valence-corrected chi connectivity index (χ3v) is 4.06. The van der Waals surface area contributed by atoms with Crippen molar-refractivity contribution in [2.75, 3.05) is 53.4 Å². The Kier molecular flexibility index (Phi) is 6.04. The molecule has 1 N–H and O–H groups in total. The molecule has 1 aliphatic rings. The van der Waals surface area contributed by atoms with Crippen LogP contribution in [0.1, 0.15) is 10.4 Å². The summed E-state index contributed by atoms with van der Waals surface area (Å²) in [6.45, 7) is 4.31. The molecular weight excluding hydrogens is 304 g/mol. The molecule has 1 aromatic carbocycles. The van der Waals surface area contributed by atoms with Crippen molar-refractivity contribution in [1.29, 1.82) is 0 Å². The maximum absolute atomic E-state index is 13.2. The number of rotatable bonds is 5. The van der Waals surface area contributed by atoms with E-state index in [2.05, 4.69) is 16.8 Å². The molecule has 1 saturated heterocycles. The zero-order valence-electron chi connectivity index (χ0n) is 13.5. The van der Waals surface area contributed by atoms with Gasteiger partial charge in [0.1, 0.15) is 0 Å². The van der Waals surface area contributed by atoms with Gasteiger partial charge in [0.25, 0.3) is 5.91 Å². The maximum atomic E-state index is 13.2. The second-order valence-corrected chi connectivity index (χ2v) is 6.07. The summed E-state index contributed by atoms with van der Waals surface area (Å²) in [6, 6.07) is 3.04. The van der Waals surface area contributed by atoms with Crippen LogP contribution in [-0.2, 0) is 0 Å². The monoisotopic (exact) mass is 327 g/mol. The third kappa shape index (κ3) is 4.95. The predicted molar refractivity (Wildman–Crippen MR) is 83.3 cm³/mol. The summed E-state index contributed by atoms with van der Waals surface area (Å²) in [5.41, 5.74) is 0.0678. The first-order valence-electron chi connectivity index (χ1n) is 7.66. The van der Waals surface area contributed by atoms with Gasteiger partial charge in [-0.1, -0.05) is 0 Å². The van der Waals surface area contributed by atoms with E-state index < -0.39 is 23.6 Å². The van der Waals surface area contributed by atoms with Crippen molar-refractivity contribution in [3.63, 3.8) is 0 Å². The fraction of sp³-hybridized carbons (Fsp3) is 0.562. The molecule has 7 heteroatoms. The molecule has 1 fully saturated rings. The van der Waals surface area contributed by atoms with Gasteiger partial charge in [0.2, 0.25) is 0 Å². The van der Waals surface area contributed by atoms with E-state index in [0.29, 0.717) is 6.54 Å². The van der Waals surface area contributed by atoms with Crippen LogP contribution in [-0.4, -0.2) is 85.2 Å². The summed E-state index contributed by atoms with van der Waals surface area (Å²) >= 11 is 0. The van der Waals surface area contributed by atoms with Gasteiger partial charge in [-0.3, -0.25) is 9.69 Å². The highest BCUT2D eigenvalue weighted by atomic mass is 19.2. The van der Waals surface area contributed by atoms with Gasteiger partial charge in [0.05, 0.1) is 6.10 Å². The Morgan fingerprint density at radius 1 is 1.26 bits per heavy atom. The molecule has 1 heterocycles. The van der Waals surface area contributed by atoms with Crippen LogP contribution in [0.2, 0.25) is 0 Å². The first-order chi connectivity index (χ1) is 10.9. The predicted octanol–water partition coefficient (Wildman–Crippen LogP) is 0.645. The van der Waals surface area contributed by atoms with Crippen LogP contribution in [0.25, 0.3) is 0 Å². The molecule has 1 aromatic rings. The van der Waals surface area contributed by atoms with Gasteiger partial charge in [0, 0.05) is 51.9 Å². The van der Waals surface area contributed by atoms with Crippen molar-refractivity contribution in [1.82, 2.24) is 14.7 Å². The maximum Gasteiger partial charge on any atom is 0.253 e. The summed E-state index contributed by atoms with van der Waals surface area (Å²) < 4.78 is 26.1.